The Labute approximate surface area is 175 Å². The number of ether oxygens (including phenoxy) is 1. The molecule has 2 N–H and O–H groups in total. The monoisotopic (exact) mass is 485 g/mol. The van der Waals surface area contributed by atoms with Gasteiger partial charge in [-0.1, -0.05) is 21.1 Å². The van der Waals surface area contributed by atoms with Gasteiger partial charge >= 0.3 is 13.6 Å². The highest BCUT2D eigenvalue weighted by molar-refractivity contribution is 9.10. The summed E-state index contributed by atoms with van der Waals surface area (Å²) in [4.78, 5) is 45.6. The van der Waals surface area contributed by atoms with Crippen LogP contribution < -0.4 is 0 Å². The predicted molar refractivity (Wildman–Crippen MR) is 107 cm³/mol. The highest BCUT2D eigenvalue weighted by atomic mass is 79.9. The van der Waals surface area contributed by atoms with E-state index in [0.717, 1.165) is 12.8 Å². The fourth-order valence-corrected chi connectivity index (χ4v) is 3.86. The Kier molecular flexibility index (Phi) is 5.89. The van der Waals surface area contributed by atoms with Crippen LogP contribution in [0, 0.1) is 0 Å². The molecule has 0 amide bonds. The molecule has 1 aliphatic rings. The van der Waals surface area contributed by atoms with Crippen molar-refractivity contribution in [1.29, 1.82) is 0 Å². The van der Waals surface area contributed by atoms with E-state index in [1.165, 1.54) is 26.0 Å². The van der Waals surface area contributed by atoms with Crippen LogP contribution in [0.3, 0.4) is 0 Å². The summed E-state index contributed by atoms with van der Waals surface area (Å²) >= 11 is 3.29. The third kappa shape index (κ3) is 4.10. The van der Waals surface area contributed by atoms with Gasteiger partial charge < -0.3 is 19.0 Å². The highest BCUT2D eigenvalue weighted by Crippen LogP contribution is 2.57. The molecule has 0 radical (unpaired) electrons. The number of aromatic nitrogens is 1. The highest BCUT2D eigenvalue weighted by Gasteiger charge is 2.44. The second kappa shape index (κ2) is 7.80. The molecule has 1 fully saturated rings. The molecule has 10 heteroatoms. The van der Waals surface area contributed by atoms with Gasteiger partial charge in [-0.2, -0.15) is 0 Å². The summed E-state index contributed by atoms with van der Waals surface area (Å²) in [6.45, 7) is 4.48. The zero-order valence-corrected chi connectivity index (χ0v) is 18.6. The van der Waals surface area contributed by atoms with Gasteiger partial charge in [-0.05, 0) is 57.4 Å². The molecular weight excluding hydrogens is 465 g/mol. The minimum atomic E-state index is -4.62. The molecule has 0 spiro atoms. The summed E-state index contributed by atoms with van der Waals surface area (Å²) < 4.78 is 23.0. The summed E-state index contributed by atoms with van der Waals surface area (Å²) in [5, 5.41) is 2.13. The third-order valence-electron chi connectivity index (χ3n) is 4.98. The average Bonchev–Trinajstić information content (AvgIpc) is 3.38. The standard InChI is InChI=1S/C19H21BrNO7P/c1-4-27-18(23)15-14(17(28-21-15)10-5-6-10)16(22)12-8-7-11(20)9-13(12)19(2,3)29(24,25)26/h7-10H,4-6H2,1-3H3,(H2,24,25,26). The maximum absolute atomic E-state index is 13.5. The maximum Gasteiger partial charge on any atom is 0.361 e. The molecule has 2 aromatic rings. The second-order valence-electron chi connectivity index (χ2n) is 7.39. The Morgan fingerprint density at radius 3 is 2.55 bits per heavy atom. The number of rotatable bonds is 7. The lowest BCUT2D eigenvalue weighted by molar-refractivity contribution is 0.0512. The van der Waals surface area contributed by atoms with Crippen LogP contribution in [0.25, 0.3) is 0 Å². The van der Waals surface area contributed by atoms with E-state index in [1.807, 2.05) is 0 Å². The van der Waals surface area contributed by atoms with Crippen molar-refractivity contribution in [1.82, 2.24) is 5.16 Å². The van der Waals surface area contributed by atoms with Gasteiger partial charge in [0.15, 0.2) is 11.5 Å². The molecule has 0 aliphatic heterocycles. The van der Waals surface area contributed by atoms with Crippen LogP contribution in [0.15, 0.2) is 27.2 Å². The number of carbonyl (C=O) groups is 2. The summed E-state index contributed by atoms with van der Waals surface area (Å²) in [5.41, 5.74) is -0.00206. The Morgan fingerprint density at radius 1 is 1.34 bits per heavy atom. The normalized spacial score (nSPS) is 14.7. The van der Waals surface area contributed by atoms with E-state index < -0.39 is 24.5 Å². The first-order valence-corrected chi connectivity index (χ1v) is 11.5. The molecule has 1 saturated carbocycles. The molecule has 1 aromatic heterocycles. The molecule has 1 heterocycles. The molecule has 0 atom stereocenters. The van der Waals surface area contributed by atoms with Crippen molar-refractivity contribution in [2.75, 3.05) is 6.61 Å². The fourth-order valence-electron chi connectivity index (χ4n) is 3.00. The molecule has 156 valence electrons. The van der Waals surface area contributed by atoms with Gasteiger partial charge in [-0.3, -0.25) is 9.36 Å². The van der Waals surface area contributed by atoms with Gasteiger partial charge in [0.1, 0.15) is 5.56 Å². The molecule has 1 aromatic carbocycles. The van der Waals surface area contributed by atoms with Gasteiger partial charge in [0, 0.05) is 16.0 Å². The zero-order valence-electron chi connectivity index (χ0n) is 16.1. The molecule has 0 bridgehead atoms. The number of halogens is 1. The van der Waals surface area contributed by atoms with Crippen molar-refractivity contribution in [3.8, 4) is 0 Å². The number of hydrogen-bond acceptors (Lipinski definition) is 6. The van der Waals surface area contributed by atoms with Crippen molar-refractivity contribution in [3.63, 3.8) is 0 Å². The van der Waals surface area contributed by atoms with Gasteiger partial charge in [-0.25, -0.2) is 4.79 Å². The quantitative estimate of drug-likeness (QED) is 0.340. The van der Waals surface area contributed by atoms with E-state index in [4.69, 9.17) is 9.26 Å². The summed E-state index contributed by atoms with van der Waals surface area (Å²) in [5.74, 6) is -1.07. The summed E-state index contributed by atoms with van der Waals surface area (Å²) in [6.07, 6.45) is 1.61. The Bertz CT molecular complexity index is 1020. The van der Waals surface area contributed by atoms with Gasteiger partial charge in [0.05, 0.1) is 11.8 Å². The van der Waals surface area contributed by atoms with Crippen LogP contribution in [-0.4, -0.2) is 33.3 Å². The summed E-state index contributed by atoms with van der Waals surface area (Å²) in [7, 11) is -4.62. The van der Waals surface area contributed by atoms with Gasteiger partial charge in [0.2, 0.25) is 5.69 Å². The molecule has 1 aliphatic carbocycles. The minimum absolute atomic E-state index is 0.00367. The lowest BCUT2D eigenvalue weighted by atomic mass is 9.90. The molecule has 3 rings (SSSR count). The second-order valence-corrected chi connectivity index (χ2v) is 10.5. The maximum atomic E-state index is 13.5. The SMILES string of the molecule is CCOC(=O)c1noc(C2CC2)c1C(=O)c1ccc(Br)cc1C(C)(C)P(=O)(O)O. The van der Waals surface area contributed by atoms with Crippen molar-refractivity contribution in [3.05, 3.63) is 50.8 Å². The van der Waals surface area contributed by atoms with Gasteiger partial charge in [-0.15, -0.1) is 0 Å². The predicted octanol–water partition coefficient (Wildman–Crippen LogP) is 4.14. The first-order valence-electron chi connectivity index (χ1n) is 9.06. The van der Waals surface area contributed by atoms with Crippen LogP contribution in [0.1, 0.15) is 77.3 Å². The number of hydrogen-bond donors (Lipinski definition) is 2. The van der Waals surface area contributed by atoms with Crippen LogP contribution in [0.2, 0.25) is 0 Å². The average molecular weight is 486 g/mol. The first-order chi connectivity index (χ1) is 13.5. The lowest BCUT2D eigenvalue weighted by Crippen LogP contribution is -2.22. The van der Waals surface area contributed by atoms with Crippen LogP contribution in [0.4, 0.5) is 0 Å². The Balaban J connectivity index is 2.19. The largest absolute Gasteiger partial charge is 0.461 e. The van der Waals surface area contributed by atoms with Crippen molar-refractivity contribution < 1.29 is 33.2 Å². The molecule has 0 saturated heterocycles. The topological polar surface area (TPSA) is 127 Å². The lowest BCUT2D eigenvalue weighted by Gasteiger charge is -2.28. The van der Waals surface area contributed by atoms with Crippen LogP contribution in [0.5, 0.6) is 0 Å². The molecule has 0 unspecified atom stereocenters. The van der Waals surface area contributed by atoms with E-state index in [0.29, 0.717) is 10.2 Å². The van der Waals surface area contributed by atoms with Crippen molar-refractivity contribution in [2.24, 2.45) is 0 Å². The van der Waals surface area contributed by atoms with E-state index in [2.05, 4.69) is 21.1 Å². The zero-order chi connectivity index (χ0) is 21.6. The smallest absolute Gasteiger partial charge is 0.361 e. The number of nitrogens with zero attached hydrogens (tertiary/aromatic N) is 1. The third-order valence-corrected chi connectivity index (χ3v) is 7.17. The number of benzene rings is 1. The molecule has 29 heavy (non-hydrogen) atoms. The van der Waals surface area contributed by atoms with Crippen LogP contribution >= 0.6 is 23.5 Å². The van der Waals surface area contributed by atoms with E-state index >= 15 is 0 Å². The van der Waals surface area contributed by atoms with E-state index in [-0.39, 0.29) is 34.9 Å². The summed E-state index contributed by atoms with van der Waals surface area (Å²) in [6, 6.07) is 4.57. The van der Waals surface area contributed by atoms with Crippen molar-refractivity contribution in [2.45, 2.75) is 44.7 Å². The molecular formula is C19H21BrNO7P. The molecule has 8 nitrogen and oxygen atoms in total. The van der Waals surface area contributed by atoms with Crippen LogP contribution in [-0.2, 0) is 14.5 Å². The minimum Gasteiger partial charge on any atom is -0.461 e. The van der Waals surface area contributed by atoms with E-state index in [1.54, 1.807) is 13.0 Å². The van der Waals surface area contributed by atoms with Gasteiger partial charge in [0.25, 0.3) is 0 Å². The number of ketones is 1. The first kappa shape index (κ1) is 21.9. The Morgan fingerprint density at radius 2 is 2.00 bits per heavy atom. The Hall–Kier alpha value is -1.80. The van der Waals surface area contributed by atoms with Crippen molar-refractivity contribution >= 4 is 35.3 Å². The number of carbonyl (C=O) groups excluding carboxylic acids is 2. The van der Waals surface area contributed by atoms with E-state index in [9.17, 15) is 23.9 Å². The number of esters is 1. The fraction of sp³-hybridized carbons (Fsp3) is 0.421.